The first kappa shape index (κ1) is 12.1. The van der Waals surface area contributed by atoms with E-state index in [0.29, 0.717) is 5.92 Å². The number of hydrogen-bond donors (Lipinski definition) is 2. The average Bonchev–Trinajstić information content (AvgIpc) is 2.01. The Labute approximate surface area is 77.4 Å². The number of rotatable bonds is 6. The van der Waals surface area contributed by atoms with Crippen molar-refractivity contribution in [2.45, 2.75) is 46.1 Å². The summed E-state index contributed by atoms with van der Waals surface area (Å²) in [5.41, 5.74) is 0. The fourth-order valence-corrected chi connectivity index (χ4v) is 1.79. The van der Waals surface area contributed by atoms with Gasteiger partial charge in [0.2, 0.25) is 11.3 Å². The SMILES string of the molecule is CCCC(NS(=O)O)C(C)CC. The van der Waals surface area contributed by atoms with Crippen LogP contribution in [0.4, 0.5) is 0 Å². The highest BCUT2D eigenvalue weighted by atomic mass is 32.2. The van der Waals surface area contributed by atoms with Crippen molar-refractivity contribution in [3.05, 3.63) is 0 Å². The second-order valence-corrected chi connectivity index (χ2v) is 3.88. The predicted molar refractivity (Wildman–Crippen MR) is 52.1 cm³/mol. The van der Waals surface area contributed by atoms with E-state index in [9.17, 15) is 4.21 Å². The summed E-state index contributed by atoms with van der Waals surface area (Å²) >= 11 is -1.87. The van der Waals surface area contributed by atoms with Crippen molar-refractivity contribution in [1.82, 2.24) is 4.72 Å². The van der Waals surface area contributed by atoms with Gasteiger partial charge in [-0.1, -0.05) is 33.6 Å². The van der Waals surface area contributed by atoms with Gasteiger partial charge in [0.1, 0.15) is 0 Å². The van der Waals surface area contributed by atoms with Crippen molar-refractivity contribution >= 4 is 11.3 Å². The summed E-state index contributed by atoms with van der Waals surface area (Å²) in [7, 11) is 0. The first-order chi connectivity index (χ1) is 5.61. The van der Waals surface area contributed by atoms with Gasteiger partial charge in [0, 0.05) is 6.04 Å². The van der Waals surface area contributed by atoms with Crippen molar-refractivity contribution in [3.8, 4) is 0 Å². The van der Waals surface area contributed by atoms with E-state index in [1.807, 2.05) is 0 Å². The van der Waals surface area contributed by atoms with Crippen LogP contribution in [0.3, 0.4) is 0 Å². The molecule has 0 rings (SSSR count). The van der Waals surface area contributed by atoms with Gasteiger partial charge in [0.05, 0.1) is 0 Å². The molecule has 12 heavy (non-hydrogen) atoms. The molecule has 0 aromatic carbocycles. The van der Waals surface area contributed by atoms with Gasteiger partial charge >= 0.3 is 0 Å². The molecule has 3 nitrogen and oxygen atoms in total. The van der Waals surface area contributed by atoms with E-state index in [4.69, 9.17) is 4.55 Å². The van der Waals surface area contributed by atoms with Crippen LogP contribution in [-0.4, -0.2) is 14.8 Å². The van der Waals surface area contributed by atoms with Crippen molar-refractivity contribution in [2.75, 3.05) is 0 Å². The van der Waals surface area contributed by atoms with Gasteiger partial charge in [-0.2, -0.15) is 0 Å². The van der Waals surface area contributed by atoms with Crippen LogP contribution < -0.4 is 4.72 Å². The zero-order chi connectivity index (χ0) is 9.56. The molecule has 0 fully saturated rings. The number of hydrogen-bond acceptors (Lipinski definition) is 1. The molecule has 0 bridgehead atoms. The molecule has 0 saturated heterocycles. The minimum Gasteiger partial charge on any atom is -0.294 e. The molecule has 0 aliphatic carbocycles. The van der Waals surface area contributed by atoms with Gasteiger partial charge in [-0.25, -0.2) is 8.93 Å². The Bertz CT molecular complexity index is 141. The summed E-state index contributed by atoms with van der Waals surface area (Å²) in [5.74, 6) is 0.459. The smallest absolute Gasteiger partial charge is 0.231 e. The van der Waals surface area contributed by atoms with E-state index in [1.54, 1.807) is 0 Å². The van der Waals surface area contributed by atoms with E-state index in [-0.39, 0.29) is 6.04 Å². The van der Waals surface area contributed by atoms with Crippen molar-refractivity contribution in [3.63, 3.8) is 0 Å². The van der Waals surface area contributed by atoms with Gasteiger partial charge in [-0.05, 0) is 12.3 Å². The first-order valence-corrected chi connectivity index (χ1v) is 5.59. The Morgan fingerprint density at radius 2 is 2.08 bits per heavy atom. The van der Waals surface area contributed by atoms with Crippen molar-refractivity contribution < 1.29 is 8.76 Å². The zero-order valence-corrected chi connectivity index (χ0v) is 8.86. The Morgan fingerprint density at radius 1 is 1.50 bits per heavy atom. The highest BCUT2D eigenvalue weighted by molar-refractivity contribution is 7.77. The topological polar surface area (TPSA) is 49.3 Å². The van der Waals surface area contributed by atoms with Crippen LogP contribution in [0.5, 0.6) is 0 Å². The second kappa shape index (κ2) is 6.57. The third kappa shape index (κ3) is 4.85. The lowest BCUT2D eigenvalue weighted by Gasteiger charge is -2.21. The van der Waals surface area contributed by atoms with Crippen LogP contribution in [0.1, 0.15) is 40.0 Å². The zero-order valence-electron chi connectivity index (χ0n) is 8.04. The van der Waals surface area contributed by atoms with E-state index < -0.39 is 11.3 Å². The van der Waals surface area contributed by atoms with E-state index >= 15 is 0 Å². The number of nitrogens with one attached hydrogen (secondary N) is 1. The normalized spacial score (nSPS) is 18.7. The summed E-state index contributed by atoms with van der Waals surface area (Å²) in [6, 6.07) is 0.172. The molecule has 3 atom stereocenters. The maximum Gasteiger partial charge on any atom is 0.231 e. The molecule has 0 aromatic heterocycles. The molecule has 74 valence electrons. The molecule has 0 aliphatic heterocycles. The third-order valence-corrected chi connectivity index (χ3v) is 2.69. The lowest BCUT2D eigenvalue weighted by molar-refractivity contribution is 0.382. The fourth-order valence-electron chi connectivity index (χ4n) is 1.18. The Balaban J connectivity index is 3.93. The molecule has 0 spiro atoms. The molecule has 4 heteroatoms. The Morgan fingerprint density at radius 3 is 2.42 bits per heavy atom. The van der Waals surface area contributed by atoms with Gasteiger partial charge < -0.3 is 0 Å². The van der Waals surface area contributed by atoms with Gasteiger partial charge in [0.25, 0.3) is 0 Å². The molecule has 0 aliphatic rings. The lowest BCUT2D eigenvalue weighted by Crippen LogP contribution is -2.35. The summed E-state index contributed by atoms with van der Waals surface area (Å²) in [5, 5.41) is 0. The molecule has 0 aromatic rings. The van der Waals surface area contributed by atoms with Crippen molar-refractivity contribution in [1.29, 1.82) is 0 Å². The molecular weight excluding hydrogens is 174 g/mol. The highest BCUT2D eigenvalue weighted by Crippen LogP contribution is 2.12. The molecule has 0 amide bonds. The maximum absolute atomic E-state index is 10.5. The molecule has 3 unspecified atom stereocenters. The lowest BCUT2D eigenvalue weighted by atomic mass is 9.96. The highest BCUT2D eigenvalue weighted by Gasteiger charge is 2.15. The minimum absolute atomic E-state index is 0.172. The van der Waals surface area contributed by atoms with Crippen LogP contribution >= 0.6 is 0 Å². The van der Waals surface area contributed by atoms with Gasteiger partial charge in [-0.3, -0.25) is 4.55 Å². The van der Waals surface area contributed by atoms with Crippen LogP contribution in [0.25, 0.3) is 0 Å². The molecule has 0 radical (unpaired) electrons. The Kier molecular flexibility index (Phi) is 6.61. The third-order valence-electron chi connectivity index (χ3n) is 2.18. The maximum atomic E-state index is 10.5. The quantitative estimate of drug-likeness (QED) is 0.633. The summed E-state index contributed by atoms with van der Waals surface area (Å²) in [6.45, 7) is 6.27. The van der Waals surface area contributed by atoms with E-state index in [0.717, 1.165) is 19.3 Å². The van der Waals surface area contributed by atoms with Crippen LogP contribution in [0.15, 0.2) is 0 Å². The summed E-state index contributed by atoms with van der Waals surface area (Å²) in [4.78, 5) is 0. The molecule has 2 N–H and O–H groups in total. The molecular formula is C8H19NO2S. The first-order valence-electron chi connectivity index (χ1n) is 4.48. The van der Waals surface area contributed by atoms with Crippen LogP contribution in [0.2, 0.25) is 0 Å². The monoisotopic (exact) mass is 193 g/mol. The summed E-state index contributed by atoms with van der Waals surface area (Å²) < 4.78 is 21.8. The second-order valence-electron chi connectivity index (χ2n) is 3.15. The van der Waals surface area contributed by atoms with Crippen LogP contribution in [0, 0.1) is 5.92 Å². The summed E-state index contributed by atoms with van der Waals surface area (Å²) in [6.07, 6.45) is 3.04. The fraction of sp³-hybridized carbons (Fsp3) is 1.00. The standard InChI is InChI=1S/C8H19NO2S/c1-4-6-8(7(3)5-2)9-12(10)11/h7-9H,4-6H2,1-3H3,(H,10,11). The van der Waals surface area contributed by atoms with Gasteiger partial charge in [-0.15, -0.1) is 0 Å². The van der Waals surface area contributed by atoms with Gasteiger partial charge in [0.15, 0.2) is 0 Å². The van der Waals surface area contributed by atoms with Crippen molar-refractivity contribution in [2.24, 2.45) is 5.92 Å². The largest absolute Gasteiger partial charge is 0.294 e. The molecule has 0 heterocycles. The molecule has 0 saturated carbocycles. The van der Waals surface area contributed by atoms with Crippen LogP contribution in [-0.2, 0) is 11.3 Å². The average molecular weight is 193 g/mol. The predicted octanol–water partition coefficient (Wildman–Crippen LogP) is 1.93. The minimum atomic E-state index is -1.87. The Hall–Kier alpha value is 0.0700. The van der Waals surface area contributed by atoms with E-state index in [2.05, 4.69) is 25.5 Å². The van der Waals surface area contributed by atoms with E-state index in [1.165, 1.54) is 0 Å².